The molecule has 0 amide bonds. The molecule has 19 heavy (non-hydrogen) atoms. The molecule has 1 heterocycles. The largest absolute Gasteiger partial charge is 0.455 e. The normalized spacial score (nSPS) is 18.2. The van der Waals surface area contributed by atoms with E-state index in [9.17, 15) is 0 Å². The van der Waals surface area contributed by atoms with Crippen LogP contribution in [0.1, 0.15) is 6.42 Å². The number of para-hydroxylation sites is 3. The first-order valence-electron chi connectivity index (χ1n) is 6.71. The van der Waals surface area contributed by atoms with Gasteiger partial charge in [-0.2, -0.15) is 0 Å². The third kappa shape index (κ3) is 3.06. The van der Waals surface area contributed by atoms with Gasteiger partial charge in [0.25, 0.3) is 0 Å². The summed E-state index contributed by atoms with van der Waals surface area (Å²) in [4.78, 5) is 0. The van der Waals surface area contributed by atoms with Gasteiger partial charge in [-0.05, 0) is 37.2 Å². The monoisotopic (exact) mass is 254 g/mol. The van der Waals surface area contributed by atoms with Crippen molar-refractivity contribution in [2.24, 2.45) is 0 Å². The first-order valence-corrected chi connectivity index (χ1v) is 6.71. The predicted molar refractivity (Wildman–Crippen MR) is 77.9 cm³/mol. The smallest absolute Gasteiger partial charge is 0.150 e. The zero-order chi connectivity index (χ0) is 12.9. The first kappa shape index (κ1) is 12.1. The van der Waals surface area contributed by atoms with E-state index < -0.39 is 0 Å². The summed E-state index contributed by atoms with van der Waals surface area (Å²) in [6.07, 6.45) is 1.15. The van der Waals surface area contributed by atoms with Crippen molar-refractivity contribution in [3.8, 4) is 11.5 Å². The summed E-state index contributed by atoms with van der Waals surface area (Å²) in [5.74, 6) is 1.74. The van der Waals surface area contributed by atoms with Crippen LogP contribution in [0.4, 0.5) is 5.69 Å². The van der Waals surface area contributed by atoms with Crippen LogP contribution in [0.2, 0.25) is 0 Å². The second kappa shape index (κ2) is 5.76. The van der Waals surface area contributed by atoms with Crippen molar-refractivity contribution in [1.82, 2.24) is 5.32 Å². The van der Waals surface area contributed by atoms with E-state index >= 15 is 0 Å². The molecule has 0 aliphatic carbocycles. The van der Waals surface area contributed by atoms with E-state index in [1.165, 1.54) is 0 Å². The van der Waals surface area contributed by atoms with Gasteiger partial charge in [-0.25, -0.2) is 0 Å². The SMILES string of the molecule is c1ccc(Oc2ccccc2NC2CCNC2)cc1. The Morgan fingerprint density at radius 1 is 1.00 bits per heavy atom. The molecule has 0 aromatic heterocycles. The van der Waals surface area contributed by atoms with Crippen LogP contribution < -0.4 is 15.4 Å². The Bertz CT molecular complexity index is 521. The van der Waals surface area contributed by atoms with Gasteiger partial charge in [0.2, 0.25) is 0 Å². The quantitative estimate of drug-likeness (QED) is 0.878. The fourth-order valence-electron chi connectivity index (χ4n) is 2.29. The van der Waals surface area contributed by atoms with Crippen LogP contribution in [-0.2, 0) is 0 Å². The van der Waals surface area contributed by atoms with Crippen LogP contribution in [0.3, 0.4) is 0 Å². The maximum atomic E-state index is 5.94. The zero-order valence-corrected chi connectivity index (χ0v) is 10.8. The lowest BCUT2D eigenvalue weighted by Crippen LogP contribution is -2.22. The Labute approximate surface area is 113 Å². The van der Waals surface area contributed by atoms with Gasteiger partial charge < -0.3 is 15.4 Å². The lowest BCUT2D eigenvalue weighted by Gasteiger charge is -2.16. The van der Waals surface area contributed by atoms with Gasteiger partial charge in [0.1, 0.15) is 5.75 Å². The molecule has 98 valence electrons. The van der Waals surface area contributed by atoms with Crippen molar-refractivity contribution in [3.63, 3.8) is 0 Å². The average Bonchev–Trinajstić information content (AvgIpc) is 2.95. The maximum Gasteiger partial charge on any atom is 0.150 e. The molecule has 1 unspecified atom stereocenters. The summed E-state index contributed by atoms with van der Waals surface area (Å²) < 4.78 is 5.94. The van der Waals surface area contributed by atoms with Crippen LogP contribution in [-0.4, -0.2) is 19.1 Å². The van der Waals surface area contributed by atoms with Crippen LogP contribution in [0.5, 0.6) is 11.5 Å². The molecule has 3 rings (SSSR count). The highest BCUT2D eigenvalue weighted by atomic mass is 16.5. The number of benzene rings is 2. The van der Waals surface area contributed by atoms with Gasteiger partial charge in [-0.1, -0.05) is 30.3 Å². The summed E-state index contributed by atoms with van der Waals surface area (Å²) in [5, 5.41) is 6.90. The van der Waals surface area contributed by atoms with E-state index in [2.05, 4.69) is 16.7 Å². The van der Waals surface area contributed by atoms with E-state index in [1.807, 2.05) is 48.5 Å². The van der Waals surface area contributed by atoms with Crippen LogP contribution in [0, 0.1) is 0 Å². The van der Waals surface area contributed by atoms with Gasteiger partial charge >= 0.3 is 0 Å². The fraction of sp³-hybridized carbons (Fsp3) is 0.250. The van der Waals surface area contributed by atoms with Gasteiger partial charge in [-0.3, -0.25) is 0 Å². The number of anilines is 1. The van der Waals surface area contributed by atoms with Crippen LogP contribution >= 0.6 is 0 Å². The highest BCUT2D eigenvalue weighted by molar-refractivity contribution is 5.58. The molecule has 2 N–H and O–H groups in total. The molecule has 1 fully saturated rings. The highest BCUT2D eigenvalue weighted by Gasteiger charge is 2.15. The molecule has 0 bridgehead atoms. The predicted octanol–water partition coefficient (Wildman–Crippen LogP) is 3.25. The maximum absolute atomic E-state index is 5.94. The third-order valence-electron chi connectivity index (χ3n) is 3.28. The molecule has 1 saturated heterocycles. The van der Waals surface area contributed by atoms with Gasteiger partial charge in [0.15, 0.2) is 5.75 Å². The lowest BCUT2D eigenvalue weighted by atomic mass is 10.2. The second-order valence-corrected chi connectivity index (χ2v) is 4.75. The summed E-state index contributed by atoms with van der Waals surface area (Å²) in [6.45, 7) is 2.10. The van der Waals surface area contributed by atoms with Gasteiger partial charge in [0, 0.05) is 12.6 Å². The van der Waals surface area contributed by atoms with E-state index in [0.717, 1.165) is 36.7 Å². The Morgan fingerprint density at radius 3 is 2.58 bits per heavy atom. The molecular formula is C16H18N2O. The molecule has 0 radical (unpaired) electrons. The van der Waals surface area contributed by atoms with E-state index in [4.69, 9.17) is 4.74 Å². The Balaban J connectivity index is 1.77. The van der Waals surface area contributed by atoms with Crippen LogP contribution in [0.25, 0.3) is 0 Å². The number of hydrogen-bond acceptors (Lipinski definition) is 3. The Morgan fingerprint density at radius 2 is 1.79 bits per heavy atom. The standard InChI is InChI=1S/C16H18N2O/c1-2-6-14(7-3-1)19-16-9-5-4-8-15(16)18-13-10-11-17-12-13/h1-9,13,17-18H,10-12H2. The second-order valence-electron chi connectivity index (χ2n) is 4.75. The third-order valence-corrected chi connectivity index (χ3v) is 3.28. The summed E-state index contributed by atoms with van der Waals surface area (Å²) in [7, 11) is 0. The molecule has 0 saturated carbocycles. The minimum absolute atomic E-state index is 0.487. The van der Waals surface area contributed by atoms with Crippen molar-refractivity contribution in [2.45, 2.75) is 12.5 Å². The number of rotatable bonds is 4. The highest BCUT2D eigenvalue weighted by Crippen LogP contribution is 2.29. The van der Waals surface area contributed by atoms with Crippen molar-refractivity contribution < 1.29 is 4.74 Å². The van der Waals surface area contributed by atoms with Crippen molar-refractivity contribution >= 4 is 5.69 Å². The molecule has 2 aromatic rings. The molecule has 0 spiro atoms. The molecule has 3 heteroatoms. The van der Waals surface area contributed by atoms with Gasteiger partial charge in [0.05, 0.1) is 5.69 Å². The average molecular weight is 254 g/mol. The molecule has 3 nitrogen and oxygen atoms in total. The van der Waals surface area contributed by atoms with Crippen molar-refractivity contribution in [2.75, 3.05) is 18.4 Å². The van der Waals surface area contributed by atoms with E-state index in [1.54, 1.807) is 0 Å². The van der Waals surface area contributed by atoms with E-state index in [-0.39, 0.29) is 0 Å². The number of ether oxygens (including phenoxy) is 1. The summed E-state index contributed by atoms with van der Waals surface area (Å²) in [6, 6.07) is 18.5. The summed E-state index contributed by atoms with van der Waals surface area (Å²) >= 11 is 0. The zero-order valence-electron chi connectivity index (χ0n) is 10.8. The minimum Gasteiger partial charge on any atom is -0.455 e. The first-order chi connectivity index (χ1) is 9.42. The van der Waals surface area contributed by atoms with Crippen LogP contribution in [0.15, 0.2) is 54.6 Å². The molecule has 1 aliphatic heterocycles. The Hall–Kier alpha value is -2.00. The van der Waals surface area contributed by atoms with E-state index in [0.29, 0.717) is 6.04 Å². The van der Waals surface area contributed by atoms with Crippen molar-refractivity contribution in [1.29, 1.82) is 0 Å². The van der Waals surface area contributed by atoms with Gasteiger partial charge in [-0.15, -0.1) is 0 Å². The summed E-state index contributed by atoms with van der Waals surface area (Å²) in [5.41, 5.74) is 1.06. The number of nitrogens with one attached hydrogen (secondary N) is 2. The minimum atomic E-state index is 0.487. The fourth-order valence-corrected chi connectivity index (χ4v) is 2.29. The molecular weight excluding hydrogens is 236 g/mol. The van der Waals surface area contributed by atoms with Crippen molar-refractivity contribution in [3.05, 3.63) is 54.6 Å². The lowest BCUT2D eigenvalue weighted by molar-refractivity contribution is 0.483. The number of hydrogen-bond donors (Lipinski definition) is 2. The Kier molecular flexibility index (Phi) is 3.65. The molecule has 2 aromatic carbocycles. The topological polar surface area (TPSA) is 33.3 Å². The molecule has 1 aliphatic rings. The molecule has 1 atom stereocenters.